The van der Waals surface area contributed by atoms with Crippen LogP contribution in [0, 0.1) is 11.8 Å². The number of rotatable bonds is 4. The van der Waals surface area contributed by atoms with Crippen molar-refractivity contribution in [2.75, 3.05) is 7.11 Å². The highest BCUT2D eigenvalue weighted by molar-refractivity contribution is 5.98. The molecule has 3 nitrogen and oxygen atoms in total. The molecule has 0 heterocycles. The lowest BCUT2D eigenvalue weighted by Crippen LogP contribution is -2.28. The zero-order chi connectivity index (χ0) is 9.72. The van der Waals surface area contributed by atoms with Crippen molar-refractivity contribution in [1.29, 1.82) is 0 Å². The van der Waals surface area contributed by atoms with Crippen LogP contribution in [-0.2, 0) is 14.3 Å². The van der Waals surface area contributed by atoms with Crippen LogP contribution >= 0.6 is 0 Å². The van der Waals surface area contributed by atoms with Crippen LogP contribution in [-0.4, -0.2) is 18.9 Å². The molecule has 68 valence electrons. The van der Waals surface area contributed by atoms with Gasteiger partial charge in [0.25, 0.3) is 0 Å². The summed E-state index contributed by atoms with van der Waals surface area (Å²) < 4.78 is 4.49. The van der Waals surface area contributed by atoms with Gasteiger partial charge in [0.1, 0.15) is 11.7 Å². The number of carbonyl (C=O) groups excluding carboxylic acids is 2. The molecule has 2 unspecified atom stereocenters. The molecule has 0 fully saturated rings. The van der Waals surface area contributed by atoms with Gasteiger partial charge in [-0.15, -0.1) is 6.58 Å². The minimum atomic E-state index is -0.701. The smallest absolute Gasteiger partial charge is 0.316 e. The normalized spacial score (nSPS) is 14.6. The van der Waals surface area contributed by atoms with E-state index in [-0.39, 0.29) is 11.7 Å². The maximum Gasteiger partial charge on any atom is 0.316 e. The molecule has 0 amide bonds. The van der Waals surface area contributed by atoms with Gasteiger partial charge < -0.3 is 4.74 Å². The Bertz CT molecular complexity index is 196. The summed E-state index contributed by atoms with van der Waals surface area (Å²) in [5.74, 6) is -1.55. The van der Waals surface area contributed by atoms with E-state index in [9.17, 15) is 9.59 Å². The van der Waals surface area contributed by atoms with Crippen LogP contribution in [0.5, 0.6) is 0 Å². The fourth-order valence-electron chi connectivity index (χ4n) is 1.01. The van der Waals surface area contributed by atoms with Gasteiger partial charge >= 0.3 is 5.97 Å². The Balaban J connectivity index is 4.54. The molecule has 12 heavy (non-hydrogen) atoms. The van der Waals surface area contributed by atoms with Crippen LogP contribution < -0.4 is 0 Å². The van der Waals surface area contributed by atoms with Crippen LogP contribution in [0.25, 0.3) is 0 Å². The SMILES string of the molecule is C=CC(C)C(C(C)=O)C(=O)OC. The van der Waals surface area contributed by atoms with Crippen molar-refractivity contribution in [1.82, 2.24) is 0 Å². The van der Waals surface area contributed by atoms with Gasteiger partial charge in [-0.05, 0) is 12.8 Å². The Morgan fingerprint density at radius 2 is 2.00 bits per heavy atom. The van der Waals surface area contributed by atoms with Gasteiger partial charge in [0.15, 0.2) is 0 Å². The zero-order valence-electron chi connectivity index (χ0n) is 7.66. The summed E-state index contributed by atoms with van der Waals surface area (Å²) in [6.45, 7) is 6.66. The Morgan fingerprint density at radius 3 is 2.25 bits per heavy atom. The molecule has 0 radical (unpaired) electrons. The largest absolute Gasteiger partial charge is 0.468 e. The third kappa shape index (κ3) is 2.49. The van der Waals surface area contributed by atoms with E-state index in [2.05, 4.69) is 11.3 Å². The van der Waals surface area contributed by atoms with E-state index < -0.39 is 11.9 Å². The lowest BCUT2D eigenvalue weighted by atomic mass is 9.91. The minimum absolute atomic E-state index is 0.171. The van der Waals surface area contributed by atoms with Gasteiger partial charge in [-0.2, -0.15) is 0 Å². The lowest BCUT2D eigenvalue weighted by molar-refractivity contribution is -0.150. The third-order valence-electron chi connectivity index (χ3n) is 1.79. The molecule has 0 aromatic heterocycles. The topological polar surface area (TPSA) is 43.4 Å². The van der Waals surface area contributed by atoms with Crippen LogP contribution in [0.4, 0.5) is 0 Å². The predicted octanol–water partition coefficient (Wildman–Crippen LogP) is 1.19. The van der Waals surface area contributed by atoms with Crippen molar-refractivity contribution < 1.29 is 14.3 Å². The van der Waals surface area contributed by atoms with Crippen molar-refractivity contribution in [3.8, 4) is 0 Å². The van der Waals surface area contributed by atoms with Crippen molar-refractivity contribution in [2.45, 2.75) is 13.8 Å². The summed E-state index contributed by atoms with van der Waals surface area (Å²) >= 11 is 0. The Kier molecular flexibility index (Phi) is 4.26. The molecule has 2 atom stereocenters. The summed E-state index contributed by atoms with van der Waals surface area (Å²) in [6.07, 6.45) is 1.57. The van der Waals surface area contributed by atoms with Crippen molar-refractivity contribution in [3.05, 3.63) is 12.7 Å². The van der Waals surface area contributed by atoms with Crippen LogP contribution in [0.3, 0.4) is 0 Å². The van der Waals surface area contributed by atoms with E-state index in [0.29, 0.717) is 0 Å². The van der Waals surface area contributed by atoms with Crippen LogP contribution in [0.2, 0.25) is 0 Å². The molecule has 0 saturated heterocycles. The molecule has 0 N–H and O–H groups in total. The molecule has 0 spiro atoms. The number of ether oxygens (including phenoxy) is 1. The number of carbonyl (C=O) groups is 2. The number of hydrogen-bond acceptors (Lipinski definition) is 3. The molecule has 0 aliphatic heterocycles. The molecule has 3 heteroatoms. The van der Waals surface area contributed by atoms with Gasteiger partial charge in [-0.25, -0.2) is 0 Å². The molecule has 0 rings (SSSR count). The van der Waals surface area contributed by atoms with E-state index >= 15 is 0 Å². The zero-order valence-corrected chi connectivity index (χ0v) is 7.66. The van der Waals surface area contributed by atoms with E-state index in [1.807, 2.05) is 0 Å². The Labute approximate surface area is 72.4 Å². The maximum absolute atomic E-state index is 11.1. The quantitative estimate of drug-likeness (QED) is 0.361. The third-order valence-corrected chi connectivity index (χ3v) is 1.79. The summed E-state index contributed by atoms with van der Waals surface area (Å²) in [5, 5.41) is 0. The first-order valence-corrected chi connectivity index (χ1v) is 3.75. The van der Waals surface area contributed by atoms with Crippen molar-refractivity contribution in [2.24, 2.45) is 11.8 Å². The number of allylic oxidation sites excluding steroid dienone is 1. The first kappa shape index (κ1) is 10.9. The molecule has 0 aromatic carbocycles. The molecule has 0 bridgehead atoms. The fraction of sp³-hybridized carbons (Fsp3) is 0.556. The first-order valence-electron chi connectivity index (χ1n) is 3.75. The molecule has 0 aliphatic carbocycles. The molecular formula is C9H14O3. The number of esters is 1. The minimum Gasteiger partial charge on any atom is -0.468 e. The number of hydrogen-bond donors (Lipinski definition) is 0. The van der Waals surface area contributed by atoms with Gasteiger partial charge in [-0.1, -0.05) is 13.0 Å². The molecular weight excluding hydrogens is 156 g/mol. The van der Waals surface area contributed by atoms with E-state index in [1.54, 1.807) is 13.0 Å². The standard InChI is InChI=1S/C9H14O3/c1-5-6(2)8(7(3)10)9(11)12-4/h5-6,8H,1H2,2-4H3. The second-order valence-corrected chi connectivity index (χ2v) is 2.71. The second kappa shape index (κ2) is 4.70. The number of methoxy groups -OCH3 is 1. The van der Waals surface area contributed by atoms with Gasteiger partial charge in [0, 0.05) is 0 Å². The van der Waals surface area contributed by atoms with Gasteiger partial charge in [-0.3, -0.25) is 9.59 Å². The second-order valence-electron chi connectivity index (χ2n) is 2.71. The van der Waals surface area contributed by atoms with Gasteiger partial charge in [0.05, 0.1) is 7.11 Å². The number of ketones is 1. The lowest BCUT2D eigenvalue weighted by Gasteiger charge is -2.14. The summed E-state index contributed by atoms with van der Waals surface area (Å²) in [7, 11) is 1.27. The summed E-state index contributed by atoms with van der Waals surface area (Å²) in [4.78, 5) is 22.1. The Hall–Kier alpha value is -1.12. The van der Waals surface area contributed by atoms with Crippen molar-refractivity contribution in [3.63, 3.8) is 0 Å². The van der Waals surface area contributed by atoms with E-state index in [1.165, 1.54) is 14.0 Å². The van der Waals surface area contributed by atoms with Crippen LogP contribution in [0.1, 0.15) is 13.8 Å². The fourth-order valence-corrected chi connectivity index (χ4v) is 1.01. The highest BCUT2D eigenvalue weighted by atomic mass is 16.5. The maximum atomic E-state index is 11.1. The average molecular weight is 170 g/mol. The highest BCUT2D eigenvalue weighted by Gasteiger charge is 2.28. The first-order chi connectivity index (χ1) is 5.54. The Morgan fingerprint density at radius 1 is 1.50 bits per heavy atom. The highest BCUT2D eigenvalue weighted by Crippen LogP contribution is 2.15. The predicted molar refractivity (Wildman–Crippen MR) is 45.5 cm³/mol. The summed E-state index contributed by atoms with van der Waals surface area (Å²) in [6, 6.07) is 0. The van der Waals surface area contributed by atoms with E-state index in [4.69, 9.17) is 0 Å². The van der Waals surface area contributed by atoms with Crippen LogP contribution in [0.15, 0.2) is 12.7 Å². The van der Waals surface area contributed by atoms with E-state index in [0.717, 1.165) is 0 Å². The average Bonchev–Trinajstić information content (AvgIpc) is 2.03. The van der Waals surface area contributed by atoms with Gasteiger partial charge in [0.2, 0.25) is 0 Å². The molecule has 0 saturated carbocycles. The summed E-state index contributed by atoms with van der Waals surface area (Å²) in [5.41, 5.74) is 0. The molecule has 0 aromatic rings. The molecule has 0 aliphatic rings. The number of Topliss-reactive ketones (excluding diaryl/α,β-unsaturated/α-hetero) is 1. The van der Waals surface area contributed by atoms with Crippen molar-refractivity contribution >= 4 is 11.8 Å². The monoisotopic (exact) mass is 170 g/mol.